The summed E-state index contributed by atoms with van der Waals surface area (Å²) in [5.41, 5.74) is 3.51. The highest BCUT2D eigenvalue weighted by molar-refractivity contribution is 6.02. The molecule has 0 saturated carbocycles. The van der Waals surface area contributed by atoms with E-state index in [4.69, 9.17) is 9.15 Å². The van der Waals surface area contributed by atoms with Crippen molar-refractivity contribution in [2.75, 3.05) is 6.61 Å². The molecule has 1 aliphatic rings. The number of rotatable bonds is 5. The van der Waals surface area contributed by atoms with Crippen molar-refractivity contribution in [3.63, 3.8) is 0 Å². The highest BCUT2D eigenvalue weighted by Crippen LogP contribution is 2.24. The normalized spacial score (nSPS) is 16.7. The van der Waals surface area contributed by atoms with Crippen molar-refractivity contribution in [2.45, 2.75) is 45.9 Å². The Morgan fingerprint density at radius 1 is 1.27 bits per heavy atom. The van der Waals surface area contributed by atoms with E-state index in [9.17, 15) is 9.59 Å². The zero-order valence-corrected chi connectivity index (χ0v) is 17.1. The molecule has 154 valence electrons. The molecule has 0 N–H and O–H groups in total. The van der Waals surface area contributed by atoms with E-state index in [0.717, 1.165) is 42.8 Å². The number of ketones is 1. The summed E-state index contributed by atoms with van der Waals surface area (Å²) in [4.78, 5) is 30.3. The SMILES string of the molecule is Cc1cc(C(=O)Cn2cnc3c(oc4ccccc43)c2=O)c(C)n1C[C@@H]1CCCO1. The van der Waals surface area contributed by atoms with E-state index >= 15 is 0 Å². The van der Waals surface area contributed by atoms with Crippen molar-refractivity contribution in [2.24, 2.45) is 0 Å². The third kappa shape index (κ3) is 3.06. The van der Waals surface area contributed by atoms with Crippen LogP contribution < -0.4 is 5.56 Å². The number of para-hydroxylation sites is 1. The number of Topliss-reactive ketones (excluding diaryl/α,β-unsaturated/α-hetero) is 1. The van der Waals surface area contributed by atoms with Crippen LogP contribution in [0, 0.1) is 13.8 Å². The van der Waals surface area contributed by atoms with Crippen LogP contribution in [0.4, 0.5) is 0 Å². The quantitative estimate of drug-likeness (QED) is 0.474. The summed E-state index contributed by atoms with van der Waals surface area (Å²) >= 11 is 0. The minimum Gasteiger partial charge on any atom is -0.448 e. The van der Waals surface area contributed by atoms with Crippen molar-refractivity contribution >= 4 is 27.9 Å². The summed E-state index contributed by atoms with van der Waals surface area (Å²) in [7, 11) is 0. The lowest BCUT2D eigenvalue weighted by atomic mass is 10.1. The molecule has 3 aromatic heterocycles. The molecular formula is C23H23N3O4. The van der Waals surface area contributed by atoms with Crippen LogP contribution in [0.5, 0.6) is 0 Å². The van der Waals surface area contributed by atoms with Gasteiger partial charge in [-0.1, -0.05) is 12.1 Å². The molecule has 1 fully saturated rings. The number of fused-ring (bicyclic) bond motifs is 3. The summed E-state index contributed by atoms with van der Waals surface area (Å²) in [6, 6.07) is 9.28. The second-order valence-electron chi connectivity index (χ2n) is 7.91. The van der Waals surface area contributed by atoms with Crippen molar-refractivity contribution in [3.05, 3.63) is 64.0 Å². The summed E-state index contributed by atoms with van der Waals surface area (Å²) in [5, 5.41) is 0.792. The Hall–Kier alpha value is -3.19. The molecule has 0 amide bonds. The number of nitrogens with zero attached hydrogens (tertiary/aromatic N) is 3. The number of carbonyl (C=O) groups is 1. The Labute approximate surface area is 172 Å². The smallest absolute Gasteiger partial charge is 0.297 e. The first-order valence-electron chi connectivity index (χ1n) is 10.2. The lowest BCUT2D eigenvalue weighted by molar-refractivity contribution is 0.0948. The largest absolute Gasteiger partial charge is 0.448 e. The zero-order chi connectivity index (χ0) is 20.8. The number of aromatic nitrogens is 3. The van der Waals surface area contributed by atoms with Gasteiger partial charge in [0.15, 0.2) is 5.78 Å². The summed E-state index contributed by atoms with van der Waals surface area (Å²) < 4.78 is 14.9. The number of ether oxygens (including phenoxy) is 1. The van der Waals surface area contributed by atoms with Crippen molar-refractivity contribution in [1.29, 1.82) is 0 Å². The number of hydrogen-bond acceptors (Lipinski definition) is 5. The van der Waals surface area contributed by atoms with Crippen LogP contribution in [0.3, 0.4) is 0 Å². The van der Waals surface area contributed by atoms with Crippen LogP contribution in [-0.2, 0) is 17.8 Å². The fourth-order valence-electron chi connectivity index (χ4n) is 4.32. The third-order valence-corrected chi connectivity index (χ3v) is 5.95. The average molecular weight is 405 g/mol. The van der Waals surface area contributed by atoms with Gasteiger partial charge in [0, 0.05) is 35.5 Å². The molecule has 1 aliphatic heterocycles. The van der Waals surface area contributed by atoms with Gasteiger partial charge in [0.2, 0.25) is 5.58 Å². The van der Waals surface area contributed by atoms with Gasteiger partial charge in [-0.05, 0) is 44.9 Å². The first-order chi connectivity index (χ1) is 14.5. The van der Waals surface area contributed by atoms with E-state index in [2.05, 4.69) is 9.55 Å². The van der Waals surface area contributed by atoms with Gasteiger partial charge in [-0.2, -0.15) is 0 Å². The molecule has 0 aliphatic carbocycles. The monoisotopic (exact) mass is 405 g/mol. The summed E-state index contributed by atoms with van der Waals surface area (Å²) in [5.74, 6) is -0.124. The fraction of sp³-hybridized carbons (Fsp3) is 0.348. The van der Waals surface area contributed by atoms with Gasteiger partial charge >= 0.3 is 0 Å². The minimum atomic E-state index is -0.349. The second kappa shape index (κ2) is 7.25. The number of benzene rings is 1. The lowest BCUT2D eigenvalue weighted by Gasteiger charge is -2.14. The van der Waals surface area contributed by atoms with Gasteiger partial charge < -0.3 is 13.7 Å². The predicted molar refractivity (Wildman–Crippen MR) is 113 cm³/mol. The van der Waals surface area contributed by atoms with Gasteiger partial charge in [-0.15, -0.1) is 0 Å². The molecule has 5 rings (SSSR count). The molecule has 0 spiro atoms. The van der Waals surface area contributed by atoms with Gasteiger partial charge in [-0.25, -0.2) is 4.98 Å². The molecule has 0 unspecified atom stereocenters. The van der Waals surface area contributed by atoms with Crippen molar-refractivity contribution in [1.82, 2.24) is 14.1 Å². The van der Waals surface area contributed by atoms with E-state index in [1.165, 1.54) is 10.9 Å². The van der Waals surface area contributed by atoms with E-state index in [0.29, 0.717) is 16.7 Å². The highest BCUT2D eigenvalue weighted by Gasteiger charge is 2.22. The molecular weight excluding hydrogens is 382 g/mol. The van der Waals surface area contributed by atoms with E-state index in [1.54, 1.807) is 6.07 Å². The van der Waals surface area contributed by atoms with Crippen LogP contribution in [0.1, 0.15) is 34.6 Å². The van der Waals surface area contributed by atoms with E-state index in [1.807, 2.05) is 38.1 Å². The standard InChI is InChI=1S/C23H23N3O4/c1-14-10-18(15(2)26(14)11-16-6-5-9-29-16)19(27)12-25-13-24-21-17-7-3-4-8-20(17)30-22(21)23(25)28/h3-4,7-8,10,13,16H,5-6,9,11-12H2,1-2H3/t16-/m0/s1. The molecule has 0 bridgehead atoms. The van der Waals surface area contributed by atoms with E-state index in [-0.39, 0.29) is 29.6 Å². The fourth-order valence-corrected chi connectivity index (χ4v) is 4.32. The molecule has 7 heteroatoms. The van der Waals surface area contributed by atoms with E-state index < -0.39 is 0 Å². The topological polar surface area (TPSA) is 79.3 Å². The lowest BCUT2D eigenvalue weighted by Crippen LogP contribution is -2.24. The maximum absolute atomic E-state index is 13.0. The van der Waals surface area contributed by atoms with Crippen molar-refractivity contribution in [3.8, 4) is 0 Å². The van der Waals surface area contributed by atoms with Gasteiger partial charge in [0.25, 0.3) is 5.56 Å². The summed E-state index contributed by atoms with van der Waals surface area (Å²) in [6.45, 7) is 5.40. The Balaban J connectivity index is 1.45. The Morgan fingerprint density at radius 2 is 2.10 bits per heavy atom. The number of carbonyl (C=O) groups excluding carboxylic acids is 1. The molecule has 4 heterocycles. The molecule has 0 radical (unpaired) electrons. The molecule has 7 nitrogen and oxygen atoms in total. The maximum Gasteiger partial charge on any atom is 0.297 e. The highest BCUT2D eigenvalue weighted by atomic mass is 16.5. The number of hydrogen-bond donors (Lipinski definition) is 0. The average Bonchev–Trinajstić information content (AvgIpc) is 3.45. The van der Waals surface area contributed by atoms with Crippen LogP contribution in [-0.4, -0.2) is 32.6 Å². The first kappa shape index (κ1) is 18.8. The third-order valence-electron chi connectivity index (χ3n) is 5.95. The molecule has 1 atom stereocenters. The van der Waals surface area contributed by atoms with Crippen LogP contribution in [0.15, 0.2) is 45.9 Å². The Kier molecular flexibility index (Phi) is 4.55. The van der Waals surface area contributed by atoms with Crippen LogP contribution >= 0.6 is 0 Å². The Bertz CT molecular complexity index is 1320. The summed E-state index contributed by atoms with van der Waals surface area (Å²) in [6.07, 6.45) is 3.74. The molecule has 1 saturated heterocycles. The Morgan fingerprint density at radius 3 is 2.90 bits per heavy atom. The van der Waals surface area contributed by atoms with Gasteiger partial charge in [0.1, 0.15) is 11.1 Å². The molecule has 30 heavy (non-hydrogen) atoms. The van der Waals surface area contributed by atoms with Gasteiger partial charge in [-0.3, -0.25) is 14.2 Å². The molecule has 1 aromatic carbocycles. The minimum absolute atomic E-state index is 0.0803. The van der Waals surface area contributed by atoms with Crippen LogP contribution in [0.25, 0.3) is 22.1 Å². The van der Waals surface area contributed by atoms with Crippen LogP contribution in [0.2, 0.25) is 0 Å². The maximum atomic E-state index is 13.0. The molecule has 4 aromatic rings. The second-order valence-corrected chi connectivity index (χ2v) is 7.91. The predicted octanol–water partition coefficient (Wildman–Crippen LogP) is 3.62. The number of aryl methyl sites for hydroxylation is 1. The number of furan rings is 1. The van der Waals surface area contributed by atoms with Gasteiger partial charge in [0.05, 0.1) is 19.0 Å². The van der Waals surface area contributed by atoms with Crippen molar-refractivity contribution < 1.29 is 13.9 Å². The first-order valence-corrected chi connectivity index (χ1v) is 10.2. The zero-order valence-electron chi connectivity index (χ0n) is 17.1.